The Bertz CT molecular complexity index is 453. The zero-order valence-corrected chi connectivity index (χ0v) is 12.9. The lowest BCUT2D eigenvalue weighted by Gasteiger charge is -2.30. The summed E-state index contributed by atoms with van der Waals surface area (Å²) in [5, 5.41) is 0. The van der Waals surface area contributed by atoms with Gasteiger partial charge in [0, 0.05) is 32.7 Å². The predicted molar refractivity (Wildman–Crippen MR) is 83.1 cm³/mol. The molecule has 1 aliphatic heterocycles. The number of methoxy groups -OCH3 is 1. The van der Waals surface area contributed by atoms with Gasteiger partial charge < -0.3 is 15.4 Å². The van der Waals surface area contributed by atoms with Crippen LogP contribution in [0.4, 0.5) is 0 Å². The number of nitrogens with zero attached hydrogens (tertiary/aromatic N) is 2. The molecule has 1 aromatic carbocycles. The molecule has 0 atom stereocenters. The van der Waals surface area contributed by atoms with Gasteiger partial charge in [-0.15, -0.1) is 0 Å². The summed E-state index contributed by atoms with van der Waals surface area (Å²) in [5.41, 5.74) is 6.99. The summed E-state index contributed by atoms with van der Waals surface area (Å²) >= 11 is 0. The van der Waals surface area contributed by atoms with Gasteiger partial charge in [-0.05, 0) is 30.5 Å². The molecule has 0 saturated carbocycles. The molecule has 5 nitrogen and oxygen atoms in total. The van der Waals surface area contributed by atoms with Crippen LogP contribution in [0.15, 0.2) is 24.3 Å². The lowest BCUT2D eigenvalue weighted by molar-refractivity contribution is -0.131. The first kappa shape index (κ1) is 15.8. The third-order valence-corrected chi connectivity index (χ3v) is 4.00. The predicted octanol–water partition coefficient (Wildman–Crippen LogP) is 1.08. The molecule has 0 aromatic heterocycles. The van der Waals surface area contributed by atoms with Gasteiger partial charge in [0.2, 0.25) is 5.91 Å². The van der Waals surface area contributed by atoms with Crippen LogP contribution in [0, 0.1) is 0 Å². The van der Waals surface area contributed by atoms with Crippen LogP contribution in [-0.4, -0.2) is 55.5 Å². The lowest BCUT2D eigenvalue weighted by atomic mass is 10.1. The van der Waals surface area contributed by atoms with E-state index < -0.39 is 0 Å². The van der Waals surface area contributed by atoms with E-state index in [4.69, 9.17) is 10.5 Å². The Morgan fingerprint density at radius 2 is 1.95 bits per heavy atom. The number of hydrogen-bond acceptors (Lipinski definition) is 4. The highest BCUT2D eigenvalue weighted by Crippen LogP contribution is 2.13. The molecule has 1 heterocycles. The fourth-order valence-electron chi connectivity index (χ4n) is 2.52. The van der Waals surface area contributed by atoms with Crippen LogP contribution in [0.5, 0.6) is 5.75 Å². The van der Waals surface area contributed by atoms with Gasteiger partial charge in [-0.25, -0.2) is 0 Å². The molecule has 116 valence electrons. The number of rotatable bonds is 5. The molecule has 1 aromatic rings. The molecule has 0 radical (unpaired) electrons. The fourth-order valence-corrected chi connectivity index (χ4v) is 2.52. The third kappa shape index (κ3) is 4.72. The van der Waals surface area contributed by atoms with Crippen molar-refractivity contribution in [1.29, 1.82) is 0 Å². The SMILES string of the molecule is COc1ccc(CN(C)C(=O)CN2CCC(N)CC2)cc1. The molecule has 1 saturated heterocycles. The summed E-state index contributed by atoms with van der Waals surface area (Å²) in [6, 6.07) is 8.11. The van der Waals surface area contributed by atoms with Gasteiger partial charge in [-0.3, -0.25) is 9.69 Å². The second kappa shape index (κ2) is 7.43. The molecular weight excluding hydrogens is 266 g/mol. The summed E-state index contributed by atoms with van der Waals surface area (Å²) < 4.78 is 5.13. The first-order chi connectivity index (χ1) is 10.1. The summed E-state index contributed by atoms with van der Waals surface area (Å²) in [4.78, 5) is 16.2. The average Bonchev–Trinajstić information content (AvgIpc) is 2.50. The van der Waals surface area contributed by atoms with E-state index >= 15 is 0 Å². The molecule has 1 aliphatic rings. The van der Waals surface area contributed by atoms with E-state index in [1.54, 1.807) is 12.0 Å². The third-order valence-electron chi connectivity index (χ3n) is 4.00. The number of likely N-dealkylation sites (N-methyl/N-ethyl adjacent to an activating group) is 1. The molecule has 21 heavy (non-hydrogen) atoms. The van der Waals surface area contributed by atoms with Gasteiger partial charge in [0.15, 0.2) is 0 Å². The van der Waals surface area contributed by atoms with E-state index in [1.807, 2.05) is 31.3 Å². The highest BCUT2D eigenvalue weighted by atomic mass is 16.5. The maximum atomic E-state index is 12.2. The molecule has 1 fully saturated rings. The van der Waals surface area contributed by atoms with Crippen molar-refractivity contribution in [2.45, 2.75) is 25.4 Å². The Hall–Kier alpha value is -1.59. The standard InChI is InChI=1S/C16H25N3O2/c1-18(11-13-3-5-15(21-2)6-4-13)16(20)12-19-9-7-14(17)8-10-19/h3-6,14H,7-12,17H2,1-2H3. The van der Waals surface area contributed by atoms with Gasteiger partial charge in [0.25, 0.3) is 0 Å². The molecular formula is C16H25N3O2. The average molecular weight is 291 g/mol. The van der Waals surface area contributed by atoms with Gasteiger partial charge in [0.1, 0.15) is 5.75 Å². The minimum absolute atomic E-state index is 0.154. The lowest BCUT2D eigenvalue weighted by Crippen LogP contribution is -2.44. The van der Waals surface area contributed by atoms with Crippen LogP contribution in [0.1, 0.15) is 18.4 Å². The monoisotopic (exact) mass is 291 g/mol. The Kier molecular flexibility index (Phi) is 5.59. The zero-order chi connectivity index (χ0) is 15.2. The van der Waals surface area contributed by atoms with Crippen molar-refractivity contribution in [3.05, 3.63) is 29.8 Å². The van der Waals surface area contributed by atoms with E-state index in [0.717, 1.165) is 37.2 Å². The van der Waals surface area contributed by atoms with Crippen molar-refractivity contribution >= 4 is 5.91 Å². The van der Waals surface area contributed by atoms with Crippen LogP contribution in [0.25, 0.3) is 0 Å². The van der Waals surface area contributed by atoms with Crippen LogP contribution in [0.2, 0.25) is 0 Å². The molecule has 0 bridgehead atoms. The minimum Gasteiger partial charge on any atom is -0.497 e. The number of carbonyl (C=O) groups is 1. The van der Waals surface area contributed by atoms with Gasteiger partial charge in [0.05, 0.1) is 13.7 Å². The maximum absolute atomic E-state index is 12.2. The Labute approximate surface area is 126 Å². The number of piperidine rings is 1. The van der Waals surface area contributed by atoms with Gasteiger partial charge in [-0.2, -0.15) is 0 Å². The first-order valence-electron chi connectivity index (χ1n) is 7.43. The summed E-state index contributed by atoms with van der Waals surface area (Å²) in [7, 11) is 3.50. The Morgan fingerprint density at radius 3 is 2.52 bits per heavy atom. The van der Waals surface area contributed by atoms with E-state index in [2.05, 4.69) is 4.90 Å². The van der Waals surface area contributed by atoms with Crippen LogP contribution in [-0.2, 0) is 11.3 Å². The van der Waals surface area contributed by atoms with Crippen molar-refractivity contribution in [2.75, 3.05) is 33.8 Å². The van der Waals surface area contributed by atoms with Gasteiger partial charge >= 0.3 is 0 Å². The highest BCUT2D eigenvalue weighted by Gasteiger charge is 2.19. The minimum atomic E-state index is 0.154. The summed E-state index contributed by atoms with van der Waals surface area (Å²) in [6.07, 6.45) is 1.96. The quantitative estimate of drug-likeness (QED) is 0.882. The number of ether oxygens (including phenoxy) is 1. The van der Waals surface area contributed by atoms with Crippen LogP contribution < -0.4 is 10.5 Å². The van der Waals surface area contributed by atoms with E-state index in [0.29, 0.717) is 19.1 Å². The van der Waals surface area contributed by atoms with Crippen LogP contribution >= 0.6 is 0 Å². The van der Waals surface area contributed by atoms with Crippen LogP contribution in [0.3, 0.4) is 0 Å². The van der Waals surface area contributed by atoms with Crippen molar-refractivity contribution in [2.24, 2.45) is 5.73 Å². The molecule has 1 amide bonds. The number of nitrogens with two attached hydrogens (primary N) is 1. The summed E-state index contributed by atoms with van der Waals surface area (Å²) in [6.45, 7) is 2.95. The number of likely N-dealkylation sites (tertiary alicyclic amines) is 1. The summed E-state index contributed by atoms with van der Waals surface area (Å²) in [5.74, 6) is 0.985. The highest BCUT2D eigenvalue weighted by molar-refractivity contribution is 5.78. The molecule has 0 spiro atoms. The molecule has 5 heteroatoms. The maximum Gasteiger partial charge on any atom is 0.236 e. The molecule has 2 rings (SSSR count). The van der Waals surface area contributed by atoms with Crippen molar-refractivity contribution < 1.29 is 9.53 Å². The Morgan fingerprint density at radius 1 is 1.33 bits per heavy atom. The largest absolute Gasteiger partial charge is 0.497 e. The zero-order valence-electron chi connectivity index (χ0n) is 12.9. The number of amides is 1. The number of carbonyl (C=O) groups excluding carboxylic acids is 1. The Balaban J connectivity index is 1.81. The molecule has 2 N–H and O–H groups in total. The number of hydrogen-bond donors (Lipinski definition) is 1. The van der Waals surface area contributed by atoms with E-state index in [1.165, 1.54) is 0 Å². The normalized spacial score (nSPS) is 16.7. The second-order valence-electron chi connectivity index (χ2n) is 5.71. The smallest absolute Gasteiger partial charge is 0.236 e. The van der Waals surface area contributed by atoms with Gasteiger partial charge in [-0.1, -0.05) is 12.1 Å². The fraction of sp³-hybridized carbons (Fsp3) is 0.562. The van der Waals surface area contributed by atoms with E-state index in [-0.39, 0.29) is 5.91 Å². The topological polar surface area (TPSA) is 58.8 Å². The second-order valence-corrected chi connectivity index (χ2v) is 5.71. The molecule has 0 unspecified atom stereocenters. The van der Waals surface area contributed by atoms with E-state index in [9.17, 15) is 4.79 Å². The first-order valence-corrected chi connectivity index (χ1v) is 7.43. The van der Waals surface area contributed by atoms with Crippen molar-refractivity contribution in [1.82, 2.24) is 9.80 Å². The van der Waals surface area contributed by atoms with Crippen molar-refractivity contribution in [3.8, 4) is 5.75 Å². The van der Waals surface area contributed by atoms with Crippen molar-refractivity contribution in [3.63, 3.8) is 0 Å². The molecule has 0 aliphatic carbocycles. The number of benzene rings is 1.